The summed E-state index contributed by atoms with van der Waals surface area (Å²) < 4.78 is 0. The number of carbonyl (C=O) groups is 1. The van der Waals surface area contributed by atoms with E-state index in [2.05, 4.69) is 36.0 Å². The Morgan fingerprint density at radius 1 is 0.958 bits per heavy atom. The van der Waals surface area contributed by atoms with Gasteiger partial charge in [-0.05, 0) is 31.8 Å². The van der Waals surface area contributed by atoms with Crippen LogP contribution in [0, 0.1) is 0 Å². The molecule has 0 bridgehead atoms. The van der Waals surface area contributed by atoms with Gasteiger partial charge in [0, 0.05) is 26.2 Å². The minimum atomic E-state index is 0.168. The summed E-state index contributed by atoms with van der Waals surface area (Å²) in [4.78, 5) is 19.3. The Hall–Kier alpha value is -2.33. The van der Waals surface area contributed by atoms with Gasteiger partial charge in [0.05, 0.1) is 17.8 Å². The number of amides is 1. The molecule has 1 heterocycles. The number of anilines is 2. The summed E-state index contributed by atoms with van der Waals surface area (Å²) in [6.07, 6.45) is 0.451. The van der Waals surface area contributed by atoms with Crippen molar-refractivity contribution in [3.8, 4) is 0 Å². The largest absolute Gasteiger partial charge is 0.367 e. The lowest BCUT2D eigenvalue weighted by atomic mass is 10.1. The molecular formula is C20H25N3O. The smallest absolute Gasteiger partial charge is 0.231 e. The van der Waals surface area contributed by atoms with Gasteiger partial charge >= 0.3 is 0 Å². The van der Waals surface area contributed by atoms with E-state index in [1.54, 1.807) is 0 Å². The van der Waals surface area contributed by atoms with Crippen molar-refractivity contribution in [1.29, 1.82) is 0 Å². The monoisotopic (exact) mass is 323 g/mol. The molecule has 3 rings (SSSR count). The number of benzene rings is 2. The summed E-state index contributed by atoms with van der Waals surface area (Å²) in [5.41, 5.74) is 3.26. The van der Waals surface area contributed by atoms with Crippen molar-refractivity contribution in [2.75, 3.05) is 50.1 Å². The van der Waals surface area contributed by atoms with Crippen LogP contribution in [0.3, 0.4) is 0 Å². The molecule has 0 fully saturated rings. The number of para-hydroxylation sites is 2. The van der Waals surface area contributed by atoms with Gasteiger partial charge in [0.2, 0.25) is 5.91 Å². The third-order valence-corrected chi connectivity index (χ3v) is 4.42. The summed E-state index contributed by atoms with van der Waals surface area (Å²) in [7, 11) is 4.18. The third-order valence-electron chi connectivity index (χ3n) is 4.42. The molecule has 2 aromatic rings. The van der Waals surface area contributed by atoms with Gasteiger partial charge in [-0.2, -0.15) is 0 Å². The van der Waals surface area contributed by atoms with Crippen LogP contribution in [0.4, 0.5) is 11.4 Å². The van der Waals surface area contributed by atoms with Gasteiger partial charge < -0.3 is 14.7 Å². The molecule has 1 aliphatic rings. The fraction of sp³-hybridized carbons (Fsp3) is 0.350. The highest BCUT2D eigenvalue weighted by Gasteiger charge is 2.26. The Bertz CT molecular complexity index is 684. The van der Waals surface area contributed by atoms with E-state index >= 15 is 0 Å². The lowest BCUT2D eigenvalue weighted by Gasteiger charge is -2.38. The van der Waals surface area contributed by atoms with E-state index in [0.717, 1.165) is 43.1 Å². The van der Waals surface area contributed by atoms with E-state index < -0.39 is 0 Å². The van der Waals surface area contributed by atoms with Crippen LogP contribution in [0.5, 0.6) is 0 Å². The lowest BCUT2D eigenvalue weighted by molar-refractivity contribution is -0.118. The SMILES string of the molecule is CN(C)CCN1CCN(C(=O)Cc2ccccc2)c2ccccc21. The van der Waals surface area contributed by atoms with Crippen molar-refractivity contribution >= 4 is 17.3 Å². The van der Waals surface area contributed by atoms with E-state index in [0.29, 0.717) is 6.42 Å². The normalized spacial score (nSPS) is 14.0. The molecular weight excluding hydrogens is 298 g/mol. The van der Waals surface area contributed by atoms with Crippen LogP contribution in [0.2, 0.25) is 0 Å². The van der Waals surface area contributed by atoms with Gasteiger partial charge in [-0.25, -0.2) is 0 Å². The maximum absolute atomic E-state index is 12.8. The Kier molecular flexibility index (Phi) is 5.16. The first-order chi connectivity index (χ1) is 11.6. The van der Waals surface area contributed by atoms with Crippen molar-refractivity contribution in [3.05, 3.63) is 60.2 Å². The Morgan fingerprint density at radius 2 is 1.62 bits per heavy atom. The van der Waals surface area contributed by atoms with Gasteiger partial charge in [-0.15, -0.1) is 0 Å². The van der Waals surface area contributed by atoms with Crippen LogP contribution in [0.25, 0.3) is 0 Å². The van der Waals surface area contributed by atoms with Gasteiger partial charge in [-0.1, -0.05) is 42.5 Å². The van der Waals surface area contributed by atoms with Crippen LogP contribution in [-0.4, -0.2) is 51.1 Å². The van der Waals surface area contributed by atoms with Crippen LogP contribution in [-0.2, 0) is 11.2 Å². The lowest BCUT2D eigenvalue weighted by Crippen LogP contribution is -2.46. The zero-order valence-electron chi connectivity index (χ0n) is 14.5. The third kappa shape index (κ3) is 3.77. The fourth-order valence-corrected chi connectivity index (χ4v) is 3.10. The molecule has 0 atom stereocenters. The van der Waals surface area contributed by atoms with E-state index in [1.807, 2.05) is 47.4 Å². The number of carbonyl (C=O) groups excluding carboxylic acids is 1. The summed E-state index contributed by atoms with van der Waals surface area (Å²) in [5, 5.41) is 0. The van der Waals surface area contributed by atoms with Crippen molar-refractivity contribution in [2.45, 2.75) is 6.42 Å². The van der Waals surface area contributed by atoms with Gasteiger partial charge in [0.1, 0.15) is 0 Å². The van der Waals surface area contributed by atoms with E-state index in [-0.39, 0.29) is 5.91 Å². The first-order valence-corrected chi connectivity index (χ1v) is 8.48. The summed E-state index contributed by atoms with van der Waals surface area (Å²) in [5.74, 6) is 0.168. The zero-order valence-corrected chi connectivity index (χ0v) is 14.5. The van der Waals surface area contributed by atoms with Gasteiger partial charge in [0.15, 0.2) is 0 Å². The first-order valence-electron chi connectivity index (χ1n) is 8.48. The minimum Gasteiger partial charge on any atom is -0.367 e. The molecule has 0 saturated heterocycles. The second-order valence-electron chi connectivity index (χ2n) is 6.49. The molecule has 2 aromatic carbocycles. The molecule has 0 unspecified atom stereocenters. The molecule has 1 amide bonds. The summed E-state index contributed by atoms with van der Waals surface area (Å²) in [6.45, 7) is 3.61. The molecule has 1 aliphatic heterocycles. The number of hydrogen-bond acceptors (Lipinski definition) is 3. The highest BCUT2D eigenvalue weighted by atomic mass is 16.2. The van der Waals surface area contributed by atoms with Crippen LogP contribution in [0.15, 0.2) is 54.6 Å². The fourth-order valence-electron chi connectivity index (χ4n) is 3.10. The topological polar surface area (TPSA) is 26.8 Å². The molecule has 0 N–H and O–H groups in total. The molecule has 126 valence electrons. The standard InChI is InChI=1S/C20H25N3O/c1-21(2)12-13-22-14-15-23(19-11-7-6-10-18(19)22)20(24)16-17-8-4-3-5-9-17/h3-11H,12-16H2,1-2H3. The number of nitrogens with zero attached hydrogens (tertiary/aromatic N) is 3. The molecule has 0 saturated carbocycles. The number of likely N-dealkylation sites (N-methyl/N-ethyl adjacent to an activating group) is 1. The Balaban J connectivity index is 1.77. The van der Waals surface area contributed by atoms with Crippen molar-refractivity contribution in [1.82, 2.24) is 4.90 Å². The quantitative estimate of drug-likeness (QED) is 0.846. The van der Waals surface area contributed by atoms with Crippen LogP contribution < -0.4 is 9.80 Å². The average molecular weight is 323 g/mol. The van der Waals surface area contributed by atoms with E-state index in [1.165, 1.54) is 0 Å². The molecule has 0 spiro atoms. The number of rotatable bonds is 5. The van der Waals surface area contributed by atoms with Crippen LogP contribution in [0.1, 0.15) is 5.56 Å². The maximum Gasteiger partial charge on any atom is 0.231 e. The van der Waals surface area contributed by atoms with Gasteiger partial charge in [0.25, 0.3) is 0 Å². The number of fused-ring (bicyclic) bond motifs is 1. The molecule has 4 nitrogen and oxygen atoms in total. The second-order valence-corrected chi connectivity index (χ2v) is 6.49. The van der Waals surface area contributed by atoms with Crippen molar-refractivity contribution in [2.24, 2.45) is 0 Å². The highest BCUT2D eigenvalue weighted by molar-refractivity contribution is 5.98. The van der Waals surface area contributed by atoms with Crippen molar-refractivity contribution in [3.63, 3.8) is 0 Å². The predicted octanol–water partition coefficient (Wildman–Crippen LogP) is 2.64. The second kappa shape index (κ2) is 7.49. The minimum absolute atomic E-state index is 0.168. The zero-order chi connectivity index (χ0) is 16.9. The molecule has 4 heteroatoms. The van der Waals surface area contributed by atoms with Crippen LogP contribution >= 0.6 is 0 Å². The van der Waals surface area contributed by atoms with E-state index in [4.69, 9.17) is 0 Å². The molecule has 0 aromatic heterocycles. The summed E-state index contributed by atoms with van der Waals surface area (Å²) in [6, 6.07) is 18.2. The molecule has 0 radical (unpaired) electrons. The van der Waals surface area contributed by atoms with E-state index in [9.17, 15) is 4.79 Å². The van der Waals surface area contributed by atoms with Crippen molar-refractivity contribution < 1.29 is 4.79 Å². The Morgan fingerprint density at radius 3 is 2.33 bits per heavy atom. The number of hydrogen-bond donors (Lipinski definition) is 0. The molecule has 24 heavy (non-hydrogen) atoms. The molecule has 0 aliphatic carbocycles. The maximum atomic E-state index is 12.8. The predicted molar refractivity (Wildman–Crippen MR) is 99.7 cm³/mol. The van der Waals surface area contributed by atoms with Gasteiger partial charge in [-0.3, -0.25) is 4.79 Å². The summed E-state index contributed by atoms with van der Waals surface area (Å²) >= 11 is 0. The first kappa shape index (κ1) is 16.5. The highest BCUT2D eigenvalue weighted by Crippen LogP contribution is 2.33. The average Bonchev–Trinajstić information content (AvgIpc) is 2.60. The Labute approximate surface area is 144 Å².